The van der Waals surface area contributed by atoms with E-state index < -0.39 is 0 Å². The molecule has 1 fully saturated rings. The van der Waals surface area contributed by atoms with Crippen molar-refractivity contribution in [1.29, 1.82) is 0 Å². The quantitative estimate of drug-likeness (QED) is 0.877. The monoisotopic (exact) mass is 247 g/mol. The third kappa shape index (κ3) is 3.05. The Hall–Kier alpha value is -1.02. The summed E-state index contributed by atoms with van der Waals surface area (Å²) in [5.74, 6) is 2.60. The van der Waals surface area contributed by atoms with Crippen molar-refractivity contribution in [2.75, 3.05) is 7.11 Å². The van der Waals surface area contributed by atoms with Gasteiger partial charge in [0.2, 0.25) is 0 Å². The minimum atomic E-state index is 0.652. The van der Waals surface area contributed by atoms with Gasteiger partial charge < -0.3 is 10.1 Å². The van der Waals surface area contributed by atoms with Crippen molar-refractivity contribution in [3.8, 4) is 5.75 Å². The Labute approximate surface area is 111 Å². The molecule has 0 bridgehead atoms. The third-order valence-electron chi connectivity index (χ3n) is 4.45. The van der Waals surface area contributed by atoms with Crippen molar-refractivity contribution in [3.63, 3.8) is 0 Å². The van der Waals surface area contributed by atoms with Crippen molar-refractivity contribution < 1.29 is 4.74 Å². The van der Waals surface area contributed by atoms with Crippen LogP contribution >= 0.6 is 0 Å². The number of para-hydroxylation sites is 1. The lowest BCUT2D eigenvalue weighted by atomic mass is 9.78. The standard InChI is InChI=1S/C16H25NO/c1-12-7-6-9-15(13(12)2)17-11-14-8-4-5-10-16(14)18-3/h4-5,8,10,12-13,15,17H,6-7,9,11H2,1-3H3/t12-,13+,15+/m1/s1. The molecule has 2 heteroatoms. The summed E-state index contributed by atoms with van der Waals surface area (Å²) in [6.07, 6.45) is 4.05. The van der Waals surface area contributed by atoms with Crippen LogP contribution in [0.2, 0.25) is 0 Å². The molecule has 3 atom stereocenters. The van der Waals surface area contributed by atoms with Crippen LogP contribution in [0.4, 0.5) is 0 Å². The van der Waals surface area contributed by atoms with E-state index in [-0.39, 0.29) is 0 Å². The SMILES string of the molecule is COc1ccccc1CN[C@H]1CCC[C@@H](C)[C@@H]1C. The fourth-order valence-corrected chi connectivity index (χ4v) is 2.96. The average molecular weight is 247 g/mol. The molecule has 0 saturated heterocycles. The molecule has 0 radical (unpaired) electrons. The van der Waals surface area contributed by atoms with E-state index in [4.69, 9.17) is 4.74 Å². The van der Waals surface area contributed by atoms with Crippen molar-refractivity contribution in [2.45, 2.75) is 45.7 Å². The normalized spacial score (nSPS) is 28.1. The van der Waals surface area contributed by atoms with Gasteiger partial charge in [-0.05, 0) is 24.3 Å². The molecule has 0 aromatic heterocycles. The highest BCUT2D eigenvalue weighted by Crippen LogP contribution is 2.30. The first-order valence-electron chi connectivity index (χ1n) is 7.07. The lowest BCUT2D eigenvalue weighted by molar-refractivity contribution is 0.205. The fraction of sp³-hybridized carbons (Fsp3) is 0.625. The Balaban J connectivity index is 1.94. The number of benzene rings is 1. The predicted octanol–water partition coefficient (Wildman–Crippen LogP) is 3.61. The number of rotatable bonds is 4. The Kier molecular flexibility index (Phi) is 4.65. The number of ether oxygens (including phenoxy) is 1. The van der Waals surface area contributed by atoms with Gasteiger partial charge in [-0.3, -0.25) is 0 Å². The maximum absolute atomic E-state index is 5.39. The zero-order chi connectivity index (χ0) is 13.0. The van der Waals surface area contributed by atoms with Crippen molar-refractivity contribution >= 4 is 0 Å². The highest BCUT2D eigenvalue weighted by molar-refractivity contribution is 5.33. The topological polar surface area (TPSA) is 21.3 Å². The summed E-state index contributed by atoms with van der Waals surface area (Å²) in [7, 11) is 1.74. The second-order valence-electron chi connectivity index (χ2n) is 5.57. The number of nitrogens with one attached hydrogen (secondary N) is 1. The highest BCUT2D eigenvalue weighted by Gasteiger charge is 2.26. The zero-order valence-corrected chi connectivity index (χ0v) is 11.8. The van der Waals surface area contributed by atoms with Crippen LogP contribution in [0.3, 0.4) is 0 Å². The maximum atomic E-state index is 5.39. The minimum Gasteiger partial charge on any atom is -0.496 e. The van der Waals surface area contributed by atoms with Gasteiger partial charge in [0.15, 0.2) is 0 Å². The second kappa shape index (κ2) is 6.24. The van der Waals surface area contributed by atoms with Crippen LogP contribution in [0, 0.1) is 11.8 Å². The Morgan fingerprint density at radius 1 is 1.22 bits per heavy atom. The van der Waals surface area contributed by atoms with Gasteiger partial charge in [0.25, 0.3) is 0 Å². The van der Waals surface area contributed by atoms with Gasteiger partial charge in [-0.2, -0.15) is 0 Å². The first-order chi connectivity index (χ1) is 8.72. The molecule has 1 aromatic rings. The smallest absolute Gasteiger partial charge is 0.123 e. The molecule has 2 rings (SSSR count). The molecule has 1 saturated carbocycles. The summed E-state index contributed by atoms with van der Waals surface area (Å²) in [5, 5.41) is 3.71. The Bertz CT molecular complexity index is 377. The fourth-order valence-electron chi connectivity index (χ4n) is 2.96. The summed E-state index contributed by atoms with van der Waals surface area (Å²) in [4.78, 5) is 0. The summed E-state index contributed by atoms with van der Waals surface area (Å²) in [6.45, 7) is 5.66. The van der Waals surface area contributed by atoms with E-state index in [1.54, 1.807) is 7.11 Å². The van der Waals surface area contributed by atoms with E-state index in [1.807, 2.05) is 12.1 Å². The van der Waals surface area contributed by atoms with E-state index in [2.05, 4.69) is 31.3 Å². The molecule has 2 nitrogen and oxygen atoms in total. The number of hydrogen-bond donors (Lipinski definition) is 1. The van der Waals surface area contributed by atoms with Crippen LogP contribution in [0.5, 0.6) is 5.75 Å². The average Bonchev–Trinajstić information content (AvgIpc) is 2.41. The number of methoxy groups -OCH3 is 1. The van der Waals surface area contributed by atoms with E-state index in [0.29, 0.717) is 6.04 Å². The van der Waals surface area contributed by atoms with E-state index in [9.17, 15) is 0 Å². The molecular formula is C16H25NO. The maximum Gasteiger partial charge on any atom is 0.123 e. The molecule has 1 aromatic carbocycles. The molecule has 0 spiro atoms. The van der Waals surface area contributed by atoms with Gasteiger partial charge >= 0.3 is 0 Å². The molecule has 1 aliphatic carbocycles. The van der Waals surface area contributed by atoms with Gasteiger partial charge in [0.05, 0.1) is 7.11 Å². The van der Waals surface area contributed by atoms with Crippen LogP contribution < -0.4 is 10.1 Å². The second-order valence-corrected chi connectivity index (χ2v) is 5.57. The van der Waals surface area contributed by atoms with E-state index in [1.165, 1.54) is 24.8 Å². The van der Waals surface area contributed by atoms with Crippen molar-refractivity contribution in [1.82, 2.24) is 5.32 Å². The van der Waals surface area contributed by atoms with Gasteiger partial charge in [0, 0.05) is 18.2 Å². The Morgan fingerprint density at radius 3 is 2.78 bits per heavy atom. The summed E-state index contributed by atoms with van der Waals surface area (Å²) in [6, 6.07) is 8.92. The van der Waals surface area contributed by atoms with Gasteiger partial charge in [-0.15, -0.1) is 0 Å². The molecule has 0 unspecified atom stereocenters. The predicted molar refractivity (Wildman–Crippen MR) is 75.8 cm³/mol. The first kappa shape index (κ1) is 13.4. The zero-order valence-electron chi connectivity index (χ0n) is 11.8. The number of hydrogen-bond acceptors (Lipinski definition) is 2. The highest BCUT2D eigenvalue weighted by atomic mass is 16.5. The van der Waals surface area contributed by atoms with Gasteiger partial charge in [-0.1, -0.05) is 44.9 Å². The van der Waals surface area contributed by atoms with Gasteiger partial charge in [0.1, 0.15) is 5.75 Å². The summed E-state index contributed by atoms with van der Waals surface area (Å²) < 4.78 is 5.39. The van der Waals surface area contributed by atoms with Crippen LogP contribution in [0.25, 0.3) is 0 Å². The van der Waals surface area contributed by atoms with Gasteiger partial charge in [-0.25, -0.2) is 0 Å². The van der Waals surface area contributed by atoms with Crippen molar-refractivity contribution in [2.24, 2.45) is 11.8 Å². The molecule has 0 amide bonds. The first-order valence-corrected chi connectivity index (χ1v) is 7.07. The Morgan fingerprint density at radius 2 is 2.00 bits per heavy atom. The molecule has 100 valence electrons. The summed E-state index contributed by atoms with van der Waals surface area (Å²) in [5.41, 5.74) is 1.26. The third-order valence-corrected chi connectivity index (χ3v) is 4.45. The minimum absolute atomic E-state index is 0.652. The lowest BCUT2D eigenvalue weighted by Gasteiger charge is -2.35. The molecule has 1 aliphatic rings. The molecular weight excluding hydrogens is 222 g/mol. The largest absolute Gasteiger partial charge is 0.496 e. The van der Waals surface area contributed by atoms with Crippen LogP contribution in [-0.4, -0.2) is 13.2 Å². The van der Waals surface area contributed by atoms with Crippen LogP contribution in [0.15, 0.2) is 24.3 Å². The molecule has 18 heavy (non-hydrogen) atoms. The van der Waals surface area contributed by atoms with Crippen LogP contribution in [-0.2, 0) is 6.54 Å². The molecule has 0 heterocycles. The van der Waals surface area contributed by atoms with E-state index in [0.717, 1.165) is 24.1 Å². The molecule has 1 N–H and O–H groups in total. The lowest BCUT2D eigenvalue weighted by Crippen LogP contribution is -2.40. The van der Waals surface area contributed by atoms with Crippen LogP contribution in [0.1, 0.15) is 38.7 Å². The van der Waals surface area contributed by atoms with Crippen molar-refractivity contribution in [3.05, 3.63) is 29.8 Å². The summed E-state index contributed by atoms with van der Waals surface area (Å²) >= 11 is 0. The van der Waals surface area contributed by atoms with E-state index >= 15 is 0 Å². The molecule has 0 aliphatic heterocycles.